The van der Waals surface area contributed by atoms with Gasteiger partial charge in [0.2, 0.25) is 23.6 Å². The molecule has 34 nitrogen and oxygen atoms in total. The number of nitrogens with one attached hydrogen (secondary N) is 16. The summed E-state index contributed by atoms with van der Waals surface area (Å²) in [4.78, 5) is 133. The lowest BCUT2D eigenvalue weighted by atomic mass is 10.0. The number of aromatic nitrogens is 2. The number of anilines is 4. The number of carbonyl (C=O) groups is 9. The molecule has 0 aliphatic carbocycles. The van der Waals surface area contributed by atoms with Crippen LogP contribution in [0.15, 0.2) is 134 Å². The summed E-state index contributed by atoms with van der Waals surface area (Å²) in [6.07, 6.45) is 4.01. The number of methoxy groups -OCH3 is 4. The standard InChI is InChI=1S/C72H86N20O14/c1-103-57-23-19-40(85-65(97)50(73)30-38-36-83-51-14-7-5-12-44(38)51)32-46(57)61(93)89-53(16-9-27-80-70(74)75)66(98)86-41-20-24-58(104-2)47(33-41)62(94)90-54(17-10-28-81-71(76)77)67(99)87-42-21-25-59(105-3)48(34-42)63(95)91-55(18-11-29-82-72(78)79)68(100)88-43-22-26-60(106-4)49(35-43)64(96)92-56(69(101)102)31-39-37-84-52-15-8-6-13-45(39)52/h5-8,12-15,19-26,32-37,50,53-56,83-84H,9-11,16-18,27-31,73H2,1-4H3,(H,85,97)(H,86,98)(H,87,99)(H,88,100)(H,89,93)(H,90,94)(H,91,95)(H,92,96)(H,101,102)(H4,74,75,80)(H4,76,77,81)(H4,78,79,82)/t50-,53-,54-,55-,56-/m1/s1. The Labute approximate surface area is 607 Å². The van der Waals surface area contributed by atoms with Gasteiger partial charge in [-0.05, 0) is 141 Å². The molecule has 2 heterocycles. The van der Waals surface area contributed by atoms with Crippen molar-refractivity contribution in [3.8, 4) is 23.0 Å². The maximum atomic E-state index is 14.5. The van der Waals surface area contributed by atoms with Crippen molar-refractivity contribution >= 4 is 116 Å². The summed E-state index contributed by atoms with van der Waals surface area (Å²) in [5.41, 5.74) is 26.0. The molecule has 0 aliphatic rings. The predicted octanol–water partition coefficient (Wildman–Crippen LogP) is 3.62. The fourth-order valence-corrected chi connectivity index (χ4v) is 11.5. The minimum Gasteiger partial charge on any atom is -0.496 e. The number of para-hydroxylation sites is 2. The van der Waals surface area contributed by atoms with Crippen molar-refractivity contribution in [2.45, 2.75) is 81.6 Å². The van der Waals surface area contributed by atoms with Gasteiger partial charge in [0.25, 0.3) is 23.6 Å². The first-order valence-corrected chi connectivity index (χ1v) is 33.4. The first kappa shape index (κ1) is 78.3. The molecule has 8 rings (SSSR count). The van der Waals surface area contributed by atoms with Crippen molar-refractivity contribution in [2.24, 2.45) is 22.9 Å². The lowest BCUT2D eigenvalue weighted by Crippen LogP contribution is -2.45. The first-order chi connectivity index (χ1) is 50.9. The van der Waals surface area contributed by atoms with Crippen molar-refractivity contribution in [2.75, 3.05) is 69.3 Å². The summed E-state index contributed by atoms with van der Waals surface area (Å²) in [6, 6.07) is 25.2. The van der Waals surface area contributed by atoms with Crippen LogP contribution in [-0.4, -0.2) is 164 Å². The number of nitrogens with two attached hydrogens (primary N) is 4. The van der Waals surface area contributed by atoms with E-state index in [2.05, 4.69) is 68.5 Å². The Balaban J connectivity index is 0.969. The Morgan fingerprint density at radius 3 is 1.01 bits per heavy atom. The highest BCUT2D eigenvalue weighted by molar-refractivity contribution is 6.08. The van der Waals surface area contributed by atoms with Crippen molar-refractivity contribution in [3.63, 3.8) is 0 Å². The summed E-state index contributed by atoms with van der Waals surface area (Å²) in [6.45, 7) is 0.351. The summed E-state index contributed by atoms with van der Waals surface area (Å²) < 4.78 is 22.1. The number of ether oxygens (including phenoxy) is 4. The van der Waals surface area contributed by atoms with Crippen LogP contribution in [-0.2, 0) is 36.8 Å². The zero-order valence-electron chi connectivity index (χ0n) is 58.4. The Morgan fingerprint density at radius 2 is 0.708 bits per heavy atom. The van der Waals surface area contributed by atoms with Gasteiger partial charge in [0.15, 0.2) is 17.9 Å². The third-order valence-corrected chi connectivity index (χ3v) is 16.8. The maximum absolute atomic E-state index is 14.5. The van der Waals surface area contributed by atoms with Crippen LogP contribution < -0.4 is 100 Å². The van der Waals surface area contributed by atoms with Crippen LogP contribution in [0.5, 0.6) is 23.0 Å². The van der Waals surface area contributed by atoms with Gasteiger partial charge in [-0.1, -0.05) is 36.4 Å². The molecule has 0 radical (unpaired) electrons. The SMILES string of the molecule is COc1ccc(NC(=O)[C@@H](CCCNC(=N)N)NC(=O)c2cc(NC(=O)[C@@H](CCCNC(=N)N)NC(=O)c3cc(NC(=O)[C@@H](CCCNC(=N)N)NC(=O)c4cc(NC(=O)[C@H](N)Cc5c[nH]c6ccccc56)ccc4OC)ccc3OC)ccc2OC)cc1C(=O)N[C@H](Cc1c[nH]c2ccccc12)C(=O)O. The van der Waals surface area contributed by atoms with E-state index in [1.807, 2.05) is 42.5 Å². The third-order valence-electron chi connectivity index (χ3n) is 16.8. The highest BCUT2D eigenvalue weighted by atomic mass is 16.5. The zero-order chi connectivity index (χ0) is 76.6. The normalized spacial score (nSPS) is 12.3. The van der Waals surface area contributed by atoms with Gasteiger partial charge < -0.3 is 115 Å². The number of H-pyrrole nitrogens is 2. The molecular weight excluding hydrogens is 1370 g/mol. The number of carbonyl (C=O) groups excluding carboxylic acids is 8. The fourth-order valence-electron chi connectivity index (χ4n) is 11.5. The van der Waals surface area contributed by atoms with E-state index in [-0.39, 0.29) is 157 Å². The molecule has 0 saturated carbocycles. The molecule has 6 aromatic carbocycles. The number of aromatic amines is 2. The second kappa shape index (κ2) is 37.5. The van der Waals surface area contributed by atoms with Gasteiger partial charge in [0.05, 0.1) is 56.7 Å². The molecule has 25 N–H and O–H groups in total. The number of rotatable bonds is 37. The number of hydrogen-bond donors (Lipinski definition) is 21. The molecular formula is C72H86N20O14. The molecule has 0 saturated heterocycles. The van der Waals surface area contributed by atoms with E-state index >= 15 is 0 Å². The molecule has 558 valence electrons. The van der Waals surface area contributed by atoms with E-state index in [0.29, 0.717) is 5.56 Å². The average Bonchev–Trinajstić information content (AvgIpc) is 1.53. The average molecular weight is 1460 g/mol. The maximum Gasteiger partial charge on any atom is 0.326 e. The van der Waals surface area contributed by atoms with Crippen molar-refractivity contribution in [1.82, 2.24) is 47.2 Å². The van der Waals surface area contributed by atoms with Gasteiger partial charge in [-0.3, -0.25) is 54.6 Å². The molecule has 0 fully saturated rings. The highest BCUT2D eigenvalue weighted by Gasteiger charge is 2.31. The lowest BCUT2D eigenvalue weighted by Gasteiger charge is -2.22. The second-order valence-corrected chi connectivity index (χ2v) is 24.2. The number of hydrogen-bond acceptors (Lipinski definition) is 17. The molecule has 8 amide bonds. The van der Waals surface area contributed by atoms with Gasteiger partial charge in [0.1, 0.15) is 47.2 Å². The second-order valence-electron chi connectivity index (χ2n) is 24.2. The number of fused-ring (bicyclic) bond motifs is 2. The van der Waals surface area contributed by atoms with E-state index < -0.39 is 83.4 Å². The molecule has 8 aromatic rings. The molecule has 0 unspecified atom stereocenters. The molecule has 106 heavy (non-hydrogen) atoms. The van der Waals surface area contributed by atoms with E-state index in [1.165, 1.54) is 101 Å². The Hall–Kier alpha value is -13.4. The third kappa shape index (κ3) is 21.6. The number of carboxylic acid groups (broad SMARTS) is 1. The van der Waals surface area contributed by atoms with Crippen LogP contribution >= 0.6 is 0 Å². The molecule has 5 atom stereocenters. The largest absolute Gasteiger partial charge is 0.496 e. The molecule has 2 aromatic heterocycles. The van der Waals surface area contributed by atoms with Crippen LogP contribution in [0.3, 0.4) is 0 Å². The monoisotopic (exact) mass is 1450 g/mol. The molecule has 0 spiro atoms. The topological polar surface area (TPSA) is 550 Å². The minimum absolute atomic E-state index is 0.00777. The predicted molar refractivity (Wildman–Crippen MR) is 399 cm³/mol. The van der Waals surface area contributed by atoms with Crippen LogP contribution in [0.4, 0.5) is 22.7 Å². The number of amides is 8. The quantitative estimate of drug-likeness (QED) is 0.0150. The smallest absolute Gasteiger partial charge is 0.326 e. The first-order valence-electron chi connectivity index (χ1n) is 33.4. The van der Waals surface area contributed by atoms with Gasteiger partial charge in [-0.2, -0.15) is 0 Å². The number of aliphatic carboxylic acids is 1. The number of guanidine groups is 3. The fraction of sp³-hybridized carbons (Fsp3) is 0.278. The van der Waals surface area contributed by atoms with Gasteiger partial charge in [-0.25, -0.2) is 4.79 Å². The Bertz CT molecular complexity index is 4580. The van der Waals surface area contributed by atoms with E-state index in [4.69, 9.17) is 58.1 Å². The summed E-state index contributed by atoms with van der Waals surface area (Å²) in [5, 5.41) is 64.5. The van der Waals surface area contributed by atoms with Gasteiger partial charge >= 0.3 is 5.97 Å². The Kier molecular flexibility index (Phi) is 27.7. The van der Waals surface area contributed by atoms with Crippen LogP contribution in [0.25, 0.3) is 21.8 Å². The van der Waals surface area contributed by atoms with E-state index in [1.54, 1.807) is 18.5 Å². The van der Waals surface area contributed by atoms with Crippen LogP contribution in [0.1, 0.15) is 91.1 Å². The van der Waals surface area contributed by atoms with E-state index in [0.717, 1.165) is 27.4 Å². The Morgan fingerprint density at radius 1 is 0.415 bits per heavy atom. The van der Waals surface area contributed by atoms with Gasteiger partial charge in [-0.15, -0.1) is 0 Å². The minimum atomic E-state index is -1.38. The highest BCUT2D eigenvalue weighted by Crippen LogP contribution is 2.30. The lowest BCUT2D eigenvalue weighted by molar-refractivity contribution is -0.139. The van der Waals surface area contributed by atoms with Crippen molar-refractivity contribution < 1.29 is 67.2 Å². The van der Waals surface area contributed by atoms with Crippen molar-refractivity contribution in [1.29, 1.82) is 16.2 Å². The summed E-state index contributed by atoms with van der Waals surface area (Å²) >= 11 is 0. The summed E-state index contributed by atoms with van der Waals surface area (Å²) in [7, 11) is 5.23. The molecule has 0 bridgehead atoms. The van der Waals surface area contributed by atoms with Gasteiger partial charge in [0, 0.05) is 83.0 Å². The number of carboxylic acids is 1. The van der Waals surface area contributed by atoms with Crippen LogP contribution in [0.2, 0.25) is 0 Å². The van der Waals surface area contributed by atoms with Crippen molar-refractivity contribution in [3.05, 3.63) is 167 Å². The summed E-state index contributed by atoms with van der Waals surface area (Å²) in [5.74, 6) is -8.31. The zero-order valence-corrected chi connectivity index (χ0v) is 58.4. The number of benzene rings is 6. The molecule has 34 heteroatoms. The molecule has 0 aliphatic heterocycles. The van der Waals surface area contributed by atoms with E-state index in [9.17, 15) is 48.3 Å². The van der Waals surface area contributed by atoms with Crippen LogP contribution in [0, 0.1) is 16.2 Å².